The molecular weight excluding hydrogens is 238 g/mol. The van der Waals surface area contributed by atoms with Crippen LogP contribution < -0.4 is 5.32 Å². The van der Waals surface area contributed by atoms with Crippen molar-refractivity contribution in [2.24, 2.45) is 0 Å². The minimum atomic E-state index is -3.42. The maximum absolute atomic E-state index is 12.1. The summed E-state index contributed by atoms with van der Waals surface area (Å²) in [6.45, 7) is 3.95. The average Bonchev–Trinajstić information content (AvgIpc) is 2.15. The van der Waals surface area contributed by atoms with Gasteiger partial charge in [0.05, 0.1) is 16.8 Å². The molecule has 0 saturated heterocycles. The fourth-order valence-electron chi connectivity index (χ4n) is 1.79. The van der Waals surface area contributed by atoms with Crippen LogP contribution >= 0.6 is 0 Å². The number of benzene rings is 1. The summed E-state index contributed by atoms with van der Waals surface area (Å²) in [5.74, 6) is -0.252. The largest absolute Gasteiger partial charge is 0.391 e. The van der Waals surface area contributed by atoms with E-state index in [0.29, 0.717) is 4.90 Å². The molecule has 0 aliphatic rings. The monoisotopic (exact) mass is 257 g/mol. The summed E-state index contributed by atoms with van der Waals surface area (Å²) in [6.07, 6.45) is -0.884. The van der Waals surface area contributed by atoms with E-state index in [1.807, 2.05) is 13.0 Å². The molecule has 1 rings (SSSR count). The zero-order valence-corrected chi connectivity index (χ0v) is 11.2. The van der Waals surface area contributed by atoms with Gasteiger partial charge in [-0.1, -0.05) is 17.7 Å². The van der Waals surface area contributed by atoms with Crippen molar-refractivity contribution in [3.05, 3.63) is 29.3 Å². The van der Waals surface area contributed by atoms with E-state index in [2.05, 4.69) is 5.32 Å². The van der Waals surface area contributed by atoms with Crippen LogP contribution in [0.2, 0.25) is 0 Å². The van der Waals surface area contributed by atoms with Crippen molar-refractivity contribution in [2.75, 3.05) is 19.3 Å². The van der Waals surface area contributed by atoms with E-state index in [0.717, 1.165) is 11.1 Å². The second-order valence-corrected chi connectivity index (χ2v) is 6.26. The van der Waals surface area contributed by atoms with Gasteiger partial charge in [-0.25, -0.2) is 8.42 Å². The number of aliphatic hydroxyl groups is 1. The van der Waals surface area contributed by atoms with E-state index in [1.165, 1.54) is 0 Å². The zero-order chi connectivity index (χ0) is 13.1. The van der Waals surface area contributed by atoms with Crippen LogP contribution in [0, 0.1) is 13.8 Å². The van der Waals surface area contributed by atoms with Crippen LogP contribution in [0.1, 0.15) is 11.1 Å². The normalized spacial score (nSPS) is 13.6. The fraction of sp³-hybridized carbons (Fsp3) is 0.500. The lowest BCUT2D eigenvalue weighted by molar-refractivity contribution is 0.197. The van der Waals surface area contributed by atoms with Gasteiger partial charge in [0.2, 0.25) is 0 Å². The van der Waals surface area contributed by atoms with Gasteiger partial charge < -0.3 is 10.4 Å². The Morgan fingerprint density at radius 2 is 2.00 bits per heavy atom. The smallest absolute Gasteiger partial charge is 0.181 e. The molecule has 1 atom stereocenters. The highest BCUT2D eigenvalue weighted by atomic mass is 32.2. The highest BCUT2D eigenvalue weighted by Gasteiger charge is 2.21. The Kier molecular flexibility index (Phi) is 4.68. The van der Waals surface area contributed by atoms with Crippen molar-refractivity contribution >= 4 is 9.84 Å². The molecule has 0 radical (unpaired) electrons. The van der Waals surface area contributed by atoms with E-state index in [4.69, 9.17) is 0 Å². The molecule has 96 valence electrons. The van der Waals surface area contributed by atoms with Crippen molar-refractivity contribution in [2.45, 2.75) is 24.8 Å². The van der Waals surface area contributed by atoms with Crippen LogP contribution in [0.15, 0.2) is 23.1 Å². The molecule has 4 nitrogen and oxygen atoms in total. The lowest BCUT2D eigenvalue weighted by Crippen LogP contribution is -2.30. The first kappa shape index (κ1) is 14.2. The van der Waals surface area contributed by atoms with Gasteiger partial charge in [0.1, 0.15) is 0 Å². The quantitative estimate of drug-likeness (QED) is 0.813. The predicted octanol–water partition coefficient (Wildman–Crippen LogP) is 0.657. The Morgan fingerprint density at radius 1 is 1.35 bits per heavy atom. The number of rotatable bonds is 5. The standard InChI is InChI=1S/C12H19NO3S/c1-9-4-5-12(10(2)6-9)17(15,16)8-11(14)7-13-3/h4-6,11,13-14H,7-8H2,1-3H3. The summed E-state index contributed by atoms with van der Waals surface area (Å²) in [6, 6.07) is 5.20. The summed E-state index contributed by atoms with van der Waals surface area (Å²) in [5.41, 5.74) is 1.75. The molecule has 0 aliphatic carbocycles. The third-order valence-electron chi connectivity index (χ3n) is 2.52. The topological polar surface area (TPSA) is 66.4 Å². The third kappa shape index (κ3) is 3.80. The molecule has 0 spiro atoms. The van der Waals surface area contributed by atoms with Gasteiger partial charge in [0.25, 0.3) is 0 Å². The van der Waals surface area contributed by atoms with Crippen molar-refractivity contribution in [3.8, 4) is 0 Å². The average molecular weight is 257 g/mol. The SMILES string of the molecule is CNCC(O)CS(=O)(=O)c1ccc(C)cc1C. The molecule has 5 heteroatoms. The van der Waals surface area contributed by atoms with Crippen LogP contribution in [0.4, 0.5) is 0 Å². The molecule has 0 fully saturated rings. The number of nitrogens with one attached hydrogen (secondary N) is 1. The Balaban J connectivity index is 2.97. The Hall–Kier alpha value is -0.910. The van der Waals surface area contributed by atoms with Crippen molar-refractivity contribution < 1.29 is 13.5 Å². The summed E-state index contributed by atoms with van der Waals surface area (Å²) in [4.78, 5) is 0.304. The van der Waals surface area contributed by atoms with Gasteiger partial charge >= 0.3 is 0 Å². The van der Waals surface area contributed by atoms with Crippen LogP contribution in [0.3, 0.4) is 0 Å². The van der Waals surface area contributed by atoms with Gasteiger partial charge in [0, 0.05) is 6.54 Å². The van der Waals surface area contributed by atoms with Gasteiger partial charge in [-0.3, -0.25) is 0 Å². The maximum atomic E-state index is 12.1. The molecule has 2 N–H and O–H groups in total. The maximum Gasteiger partial charge on any atom is 0.181 e. The van der Waals surface area contributed by atoms with Crippen LogP contribution in [-0.4, -0.2) is 39.0 Å². The van der Waals surface area contributed by atoms with Crippen molar-refractivity contribution in [3.63, 3.8) is 0 Å². The molecule has 0 bridgehead atoms. The first-order valence-electron chi connectivity index (χ1n) is 5.49. The van der Waals surface area contributed by atoms with E-state index >= 15 is 0 Å². The molecular formula is C12H19NO3S. The van der Waals surface area contributed by atoms with Gasteiger partial charge in [0.15, 0.2) is 9.84 Å². The molecule has 1 aromatic rings. The molecule has 17 heavy (non-hydrogen) atoms. The fourth-order valence-corrected chi connectivity index (χ4v) is 3.41. The first-order chi connectivity index (χ1) is 7.86. The zero-order valence-electron chi connectivity index (χ0n) is 10.4. The number of aliphatic hydroxyl groups excluding tert-OH is 1. The number of aryl methyl sites for hydroxylation is 2. The third-order valence-corrected chi connectivity index (χ3v) is 4.47. The Labute approximate surface area is 103 Å². The first-order valence-corrected chi connectivity index (χ1v) is 7.14. The number of hydrogen-bond donors (Lipinski definition) is 2. The Morgan fingerprint density at radius 3 is 2.53 bits per heavy atom. The van der Waals surface area contributed by atoms with Crippen LogP contribution in [-0.2, 0) is 9.84 Å². The molecule has 0 heterocycles. The van der Waals surface area contributed by atoms with E-state index in [-0.39, 0.29) is 12.3 Å². The Bertz CT molecular complexity index is 483. The van der Waals surface area contributed by atoms with Crippen LogP contribution in [0.5, 0.6) is 0 Å². The molecule has 0 aromatic heterocycles. The molecule has 0 amide bonds. The molecule has 0 aliphatic heterocycles. The minimum Gasteiger partial charge on any atom is -0.391 e. The summed E-state index contributed by atoms with van der Waals surface area (Å²) in [5, 5.41) is 12.3. The van der Waals surface area contributed by atoms with E-state index in [9.17, 15) is 13.5 Å². The lowest BCUT2D eigenvalue weighted by Gasteiger charge is -2.12. The molecule has 1 unspecified atom stereocenters. The van der Waals surface area contributed by atoms with Gasteiger partial charge in [-0.2, -0.15) is 0 Å². The number of sulfone groups is 1. The molecule has 0 saturated carbocycles. The summed E-state index contributed by atoms with van der Waals surface area (Å²) in [7, 11) is -1.75. The number of hydrogen-bond acceptors (Lipinski definition) is 4. The lowest BCUT2D eigenvalue weighted by atomic mass is 10.2. The minimum absolute atomic E-state index is 0.252. The number of likely N-dealkylation sites (N-methyl/N-ethyl adjacent to an activating group) is 1. The van der Waals surface area contributed by atoms with Crippen molar-refractivity contribution in [1.29, 1.82) is 0 Å². The second kappa shape index (κ2) is 5.62. The highest BCUT2D eigenvalue weighted by molar-refractivity contribution is 7.91. The van der Waals surface area contributed by atoms with E-state index in [1.54, 1.807) is 26.1 Å². The van der Waals surface area contributed by atoms with Gasteiger partial charge in [-0.15, -0.1) is 0 Å². The summed E-state index contributed by atoms with van der Waals surface area (Å²) >= 11 is 0. The molecule has 1 aromatic carbocycles. The van der Waals surface area contributed by atoms with Crippen molar-refractivity contribution in [1.82, 2.24) is 5.32 Å². The van der Waals surface area contributed by atoms with E-state index < -0.39 is 15.9 Å². The highest BCUT2D eigenvalue weighted by Crippen LogP contribution is 2.18. The van der Waals surface area contributed by atoms with Gasteiger partial charge in [-0.05, 0) is 32.5 Å². The van der Waals surface area contributed by atoms with Crippen LogP contribution in [0.25, 0.3) is 0 Å². The summed E-state index contributed by atoms with van der Waals surface area (Å²) < 4.78 is 24.1. The second-order valence-electron chi connectivity index (χ2n) is 4.26. The predicted molar refractivity (Wildman–Crippen MR) is 67.9 cm³/mol.